The fraction of sp³-hybridized carbons (Fsp3) is 0.294. The molecule has 130 valence electrons. The van der Waals surface area contributed by atoms with Gasteiger partial charge in [-0.05, 0) is 17.9 Å². The fourth-order valence-corrected chi connectivity index (χ4v) is 3.89. The number of amides is 2. The van der Waals surface area contributed by atoms with Crippen molar-refractivity contribution in [2.45, 2.75) is 17.8 Å². The summed E-state index contributed by atoms with van der Waals surface area (Å²) in [5.74, 6) is 1.58. The molecule has 0 radical (unpaired) electrons. The smallest absolute Gasteiger partial charge is 0.261 e. The van der Waals surface area contributed by atoms with Gasteiger partial charge in [0, 0.05) is 24.1 Å². The molecule has 25 heavy (non-hydrogen) atoms. The molecule has 2 amide bonds. The molecule has 2 heterocycles. The average molecular weight is 375 g/mol. The van der Waals surface area contributed by atoms with E-state index < -0.39 is 0 Å². The molecule has 1 aliphatic heterocycles. The van der Waals surface area contributed by atoms with Crippen LogP contribution in [0.2, 0.25) is 0 Å². The summed E-state index contributed by atoms with van der Waals surface area (Å²) in [4.78, 5) is 44.6. The predicted molar refractivity (Wildman–Crippen MR) is 99.2 cm³/mol. The van der Waals surface area contributed by atoms with Gasteiger partial charge in [-0.15, -0.1) is 0 Å². The monoisotopic (exact) mass is 375 g/mol. The lowest BCUT2D eigenvalue weighted by atomic mass is 10.1. The number of fused-ring (bicyclic) bond motifs is 1. The molecule has 0 saturated carbocycles. The van der Waals surface area contributed by atoms with E-state index in [1.165, 1.54) is 22.7 Å². The van der Waals surface area contributed by atoms with Crippen molar-refractivity contribution in [2.24, 2.45) is 0 Å². The van der Waals surface area contributed by atoms with Gasteiger partial charge in [0.1, 0.15) is 0 Å². The Labute approximate surface area is 153 Å². The van der Waals surface area contributed by atoms with Gasteiger partial charge in [-0.2, -0.15) is 11.8 Å². The van der Waals surface area contributed by atoms with Crippen LogP contribution in [0.3, 0.4) is 0 Å². The van der Waals surface area contributed by atoms with Crippen molar-refractivity contribution in [2.75, 3.05) is 18.1 Å². The average Bonchev–Trinajstić information content (AvgIpc) is 2.85. The Balaban J connectivity index is 1.62. The van der Waals surface area contributed by atoms with Gasteiger partial charge < -0.3 is 4.98 Å². The zero-order chi connectivity index (χ0) is 17.8. The minimum absolute atomic E-state index is 0.190. The number of hydrogen-bond donors (Lipinski definition) is 1. The maximum atomic E-state index is 12.3. The largest absolute Gasteiger partial charge is 0.301 e. The number of rotatable bonds is 7. The topological polar surface area (TPSA) is 83.1 Å². The van der Waals surface area contributed by atoms with Crippen LogP contribution in [0.4, 0.5) is 0 Å². The molecule has 0 aliphatic carbocycles. The summed E-state index contributed by atoms with van der Waals surface area (Å²) >= 11 is 3.02. The highest BCUT2D eigenvalue weighted by molar-refractivity contribution is 7.99. The maximum Gasteiger partial charge on any atom is 0.261 e. The Morgan fingerprint density at radius 3 is 2.44 bits per heavy atom. The number of nitrogens with zero attached hydrogens (tertiary/aromatic N) is 2. The van der Waals surface area contributed by atoms with E-state index in [4.69, 9.17) is 0 Å². The molecule has 0 unspecified atom stereocenters. The lowest BCUT2D eigenvalue weighted by molar-refractivity contribution is 0.0664. The van der Waals surface area contributed by atoms with Crippen molar-refractivity contribution in [1.29, 1.82) is 0 Å². The van der Waals surface area contributed by atoms with Gasteiger partial charge in [-0.25, -0.2) is 4.98 Å². The highest BCUT2D eigenvalue weighted by Gasteiger charge is 2.34. The third-order valence-corrected chi connectivity index (χ3v) is 5.42. The Morgan fingerprint density at radius 1 is 1.12 bits per heavy atom. The molecule has 8 heteroatoms. The van der Waals surface area contributed by atoms with Gasteiger partial charge >= 0.3 is 0 Å². The number of nitrogens with one attached hydrogen (secondary N) is 1. The van der Waals surface area contributed by atoms with E-state index in [9.17, 15) is 14.4 Å². The van der Waals surface area contributed by atoms with Crippen LogP contribution in [0.5, 0.6) is 0 Å². The number of hydrogen-bond acceptors (Lipinski definition) is 6. The summed E-state index contributed by atoms with van der Waals surface area (Å²) < 4.78 is 0. The van der Waals surface area contributed by atoms with E-state index >= 15 is 0 Å². The highest BCUT2D eigenvalue weighted by atomic mass is 32.2. The number of aromatic amines is 1. The van der Waals surface area contributed by atoms with Crippen LogP contribution in [0.25, 0.3) is 0 Å². The molecule has 0 atom stereocenters. The summed E-state index contributed by atoms with van der Waals surface area (Å²) in [6, 6.07) is 8.32. The van der Waals surface area contributed by atoms with Gasteiger partial charge in [-0.3, -0.25) is 19.3 Å². The fourth-order valence-electron chi connectivity index (χ4n) is 2.51. The quantitative estimate of drug-likeness (QED) is 0.455. The minimum atomic E-state index is -0.268. The number of aromatic nitrogens is 2. The Hall–Kier alpha value is -2.06. The van der Waals surface area contributed by atoms with Crippen molar-refractivity contribution in [3.8, 4) is 0 Å². The van der Waals surface area contributed by atoms with Crippen molar-refractivity contribution >= 4 is 35.3 Å². The molecule has 1 aromatic carbocycles. The first-order valence-corrected chi connectivity index (χ1v) is 10.00. The Bertz CT molecular complexity index is 831. The Kier molecular flexibility index (Phi) is 5.60. The third kappa shape index (κ3) is 3.96. The lowest BCUT2D eigenvalue weighted by Crippen LogP contribution is -2.31. The van der Waals surface area contributed by atoms with E-state index in [2.05, 4.69) is 16.9 Å². The number of H-pyrrole nitrogens is 1. The molecule has 1 N–H and O–H groups in total. The van der Waals surface area contributed by atoms with Crippen LogP contribution < -0.4 is 5.56 Å². The molecule has 6 nitrogen and oxygen atoms in total. The summed E-state index contributed by atoms with van der Waals surface area (Å²) in [5.41, 5.74) is 1.44. The van der Waals surface area contributed by atoms with E-state index in [0.29, 0.717) is 27.8 Å². The van der Waals surface area contributed by atoms with E-state index in [1.54, 1.807) is 36.0 Å². The van der Waals surface area contributed by atoms with Crippen LogP contribution in [0, 0.1) is 0 Å². The number of benzene rings is 1. The molecule has 0 spiro atoms. The van der Waals surface area contributed by atoms with Gasteiger partial charge in [0.15, 0.2) is 5.16 Å². The molecule has 1 aromatic heterocycles. The maximum absolute atomic E-state index is 12.3. The van der Waals surface area contributed by atoms with E-state index in [0.717, 1.165) is 11.4 Å². The molecular weight excluding hydrogens is 358 g/mol. The number of thioether (sulfide) groups is 2. The van der Waals surface area contributed by atoms with Crippen LogP contribution in [-0.4, -0.2) is 44.7 Å². The minimum Gasteiger partial charge on any atom is -0.301 e. The standard InChI is InChI=1S/C17H17N3O3S2/c1-2-24-10-11-9-14(21)19-17(18-11)25-8-7-20-15(22)12-5-3-4-6-13(12)16(20)23/h3-6,9H,2,7-8,10H2,1H3,(H,18,19,21). The van der Waals surface area contributed by atoms with E-state index in [1.807, 2.05) is 0 Å². The van der Waals surface area contributed by atoms with Crippen LogP contribution in [0.15, 0.2) is 40.3 Å². The zero-order valence-corrected chi connectivity index (χ0v) is 15.3. The molecule has 0 saturated heterocycles. The number of imide groups is 1. The van der Waals surface area contributed by atoms with Crippen LogP contribution >= 0.6 is 23.5 Å². The molecule has 1 aliphatic rings. The van der Waals surface area contributed by atoms with Crippen molar-refractivity contribution in [3.05, 3.63) is 57.5 Å². The van der Waals surface area contributed by atoms with Gasteiger partial charge in [-0.1, -0.05) is 30.8 Å². The van der Waals surface area contributed by atoms with E-state index in [-0.39, 0.29) is 23.9 Å². The molecule has 0 fully saturated rings. The second kappa shape index (κ2) is 7.88. The van der Waals surface area contributed by atoms with Gasteiger partial charge in [0.05, 0.1) is 16.8 Å². The second-order valence-electron chi connectivity index (χ2n) is 5.34. The SMILES string of the molecule is CCSCc1cc(=O)[nH]c(SCCN2C(=O)c3ccccc3C2=O)n1. The first-order valence-electron chi connectivity index (χ1n) is 7.86. The Morgan fingerprint density at radius 2 is 1.80 bits per heavy atom. The number of carbonyl (C=O) groups excluding carboxylic acids is 2. The molecule has 2 aromatic rings. The molecule has 0 bridgehead atoms. The van der Waals surface area contributed by atoms with Gasteiger partial charge in [0.25, 0.3) is 17.4 Å². The molecular formula is C17H17N3O3S2. The predicted octanol–water partition coefficient (Wildman–Crippen LogP) is 2.41. The first kappa shape index (κ1) is 17.8. The van der Waals surface area contributed by atoms with Crippen LogP contribution in [-0.2, 0) is 5.75 Å². The second-order valence-corrected chi connectivity index (χ2v) is 7.69. The summed E-state index contributed by atoms with van der Waals surface area (Å²) in [6.45, 7) is 2.32. The summed E-state index contributed by atoms with van der Waals surface area (Å²) in [6.07, 6.45) is 0. The van der Waals surface area contributed by atoms with Crippen molar-refractivity contribution in [1.82, 2.24) is 14.9 Å². The first-order chi connectivity index (χ1) is 12.1. The van der Waals surface area contributed by atoms with Gasteiger partial charge in [0.2, 0.25) is 0 Å². The zero-order valence-electron chi connectivity index (χ0n) is 13.7. The highest BCUT2D eigenvalue weighted by Crippen LogP contribution is 2.23. The normalized spacial score (nSPS) is 13.4. The summed E-state index contributed by atoms with van der Waals surface area (Å²) in [7, 11) is 0. The number of carbonyl (C=O) groups is 2. The molecule has 3 rings (SSSR count). The van der Waals surface area contributed by atoms with Crippen molar-refractivity contribution in [3.63, 3.8) is 0 Å². The van der Waals surface area contributed by atoms with Crippen molar-refractivity contribution < 1.29 is 9.59 Å². The lowest BCUT2D eigenvalue weighted by Gasteiger charge is -2.13. The third-order valence-electron chi connectivity index (χ3n) is 3.66. The summed E-state index contributed by atoms with van der Waals surface area (Å²) in [5, 5.41) is 0.510. The van der Waals surface area contributed by atoms with Crippen LogP contribution in [0.1, 0.15) is 33.3 Å².